The average molecular weight is 373 g/mol. The molecule has 0 atom stereocenters. The van der Waals surface area contributed by atoms with Crippen LogP contribution in [0, 0.1) is 6.92 Å². The summed E-state index contributed by atoms with van der Waals surface area (Å²) < 4.78 is 13.9. The molecule has 26 heavy (non-hydrogen) atoms. The highest BCUT2D eigenvalue weighted by atomic mass is 32.1. The Morgan fingerprint density at radius 3 is 2.69 bits per heavy atom. The molecule has 0 saturated heterocycles. The lowest BCUT2D eigenvalue weighted by Gasteiger charge is -2.14. The number of amides is 1. The second-order valence-electron chi connectivity index (χ2n) is 5.85. The van der Waals surface area contributed by atoms with Crippen molar-refractivity contribution < 1.29 is 14.3 Å². The van der Waals surface area contributed by atoms with Gasteiger partial charge in [-0.05, 0) is 31.2 Å². The Morgan fingerprint density at radius 2 is 2.00 bits per heavy atom. The summed E-state index contributed by atoms with van der Waals surface area (Å²) in [5, 5.41) is 16.6. The number of anilines is 3. The first-order valence-corrected chi connectivity index (χ1v) is 8.61. The van der Waals surface area contributed by atoms with Crippen molar-refractivity contribution in [3.63, 3.8) is 0 Å². The highest BCUT2D eigenvalue weighted by Crippen LogP contribution is 2.32. The largest absolute Gasteiger partial charge is 0.505 e. The fourth-order valence-electron chi connectivity index (χ4n) is 2.32. The van der Waals surface area contributed by atoms with Crippen LogP contribution >= 0.6 is 11.7 Å². The van der Waals surface area contributed by atoms with Crippen LogP contribution in [0.1, 0.15) is 21.9 Å². The Balaban J connectivity index is 1.77. The lowest BCUT2D eigenvalue weighted by Crippen LogP contribution is -2.21. The van der Waals surface area contributed by atoms with E-state index in [1.165, 1.54) is 4.90 Å². The number of furan rings is 1. The van der Waals surface area contributed by atoms with Crippen LogP contribution in [-0.2, 0) is 6.54 Å². The van der Waals surface area contributed by atoms with E-state index in [9.17, 15) is 9.90 Å². The summed E-state index contributed by atoms with van der Waals surface area (Å²) >= 11 is 1.03. The van der Waals surface area contributed by atoms with Gasteiger partial charge in [-0.15, -0.1) is 0 Å². The predicted molar refractivity (Wildman–Crippen MR) is 100 cm³/mol. The number of phenols is 1. The minimum Gasteiger partial charge on any atom is -0.505 e. The second kappa shape index (κ2) is 7.44. The number of hydrogen-bond donors (Lipinski definition) is 3. The van der Waals surface area contributed by atoms with Crippen LogP contribution < -0.4 is 10.6 Å². The van der Waals surface area contributed by atoms with Gasteiger partial charge in [-0.1, -0.05) is 6.07 Å². The lowest BCUT2D eigenvalue weighted by molar-refractivity contribution is 0.0824. The van der Waals surface area contributed by atoms with Crippen LogP contribution in [-0.4, -0.2) is 38.8 Å². The molecule has 0 aliphatic carbocycles. The van der Waals surface area contributed by atoms with Gasteiger partial charge < -0.3 is 25.1 Å². The fourth-order valence-corrected chi connectivity index (χ4v) is 2.81. The van der Waals surface area contributed by atoms with Crippen LogP contribution in [0.3, 0.4) is 0 Å². The van der Waals surface area contributed by atoms with E-state index in [2.05, 4.69) is 19.4 Å². The zero-order chi connectivity index (χ0) is 18.7. The van der Waals surface area contributed by atoms with Gasteiger partial charge in [0.25, 0.3) is 5.91 Å². The number of aromatic nitrogens is 2. The molecule has 3 rings (SSSR count). The number of benzene rings is 1. The molecule has 0 fully saturated rings. The van der Waals surface area contributed by atoms with Gasteiger partial charge in [0.15, 0.2) is 17.4 Å². The van der Waals surface area contributed by atoms with Gasteiger partial charge in [0.1, 0.15) is 11.5 Å². The zero-order valence-corrected chi connectivity index (χ0v) is 15.4. The Labute approximate surface area is 154 Å². The van der Waals surface area contributed by atoms with Crippen LogP contribution in [0.2, 0.25) is 0 Å². The number of carbonyl (C=O) groups excluding carboxylic acids is 1. The summed E-state index contributed by atoms with van der Waals surface area (Å²) in [7, 11) is 3.26. The van der Waals surface area contributed by atoms with Gasteiger partial charge in [-0.2, -0.15) is 8.75 Å². The molecule has 0 aliphatic rings. The van der Waals surface area contributed by atoms with Gasteiger partial charge in [0.05, 0.1) is 29.5 Å². The second-order valence-corrected chi connectivity index (χ2v) is 6.38. The van der Waals surface area contributed by atoms with E-state index in [1.54, 1.807) is 32.3 Å². The summed E-state index contributed by atoms with van der Waals surface area (Å²) in [5.41, 5.74) is 0.589. The Morgan fingerprint density at radius 1 is 1.23 bits per heavy atom. The van der Waals surface area contributed by atoms with E-state index in [0.717, 1.165) is 23.2 Å². The molecule has 0 unspecified atom stereocenters. The average Bonchev–Trinajstić information content (AvgIpc) is 3.23. The van der Waals surface area contributed by atoms with Crippen molar-refractivity contribution in [3.8, 4) is 5.75 Å². The maximum absolute atomic E-state index is 12.1. The molecule has 3 aromatic rings. The lowest BCUT2D eigenvalue weighted by atomic mass is 10.1. The van der Waals surface area contributed by atoms with E-state index in [1.807, 2.05) is 19.1 Å². The Bertz CT molecular complexity index is 919. The molecular weight excluding hydrogens is 354 g/mol. The summed E-state index contributed by atoms with van der Waals surface area (Å²) in [6.45, 7) is 2.34. The van der Waals surface area contributed by atoms with Crippen molar-refractivity contribution in [2.75, 3.05) is 24.7 Å². The van der Waals surface area contributed by atoms with Gasteiger partial charge in [0.2, 0.25) is 0 Å². The molecule has 136 valence electrons. The predicted octanol–water partition coefficient (Wildman–Crippen LogP) is 3.20. The highest BCUT2D eigenvalue weighted by molar-refractivity contribution is 6.99. The number of hydrogen-bond acceptors (Lipinski definition) is 8. The molecule has 8 nitrogen and oxygen atoms in total. The first-order valence-electron chi connectivity index (χ1n) is 7.88. The summed E-state index contributed by atoms with van der Waals surface area (Å²) in [6.07, 6.45) is 0. The van der Waals surface area contributed by atoms with E-state index in [-0.39, 0.29) is 17.2 Å². The quantitative estimate of drug-likeness (QED) is 0.570. The Kier molecular flexibility index (Phi) is 5.08. The third kappa shape index (κ3) is 3.77. The number of para-hydroxylation sites is 1. The van der Waals surface area contributed by atoms with Crippen molar-refractivity contribution in [1.82, 2.24) is 13.6 Å². The van der Waals surface area contributed by atoms with Crippen molar-refractivity contribution in [2.24, 2.45) is 0 Å². The standard InChI is InChI=1S/C17H19N5O3S/c1-10-7-8-11(25-10)9-18-15-16(21-26-20-15)19-13-6-4-5-12(14(13)23)17(24)22(2)3/h4-8,23H,9H2,1-3H3,(H,18,20)(H,19,21). The van der Waals surface area contributed by atoms with Gasteiger partial charge in [-0.3, -0.25) is 4.79 Å². The number of rotatable bonds is 6. The Hall–Kier alpha value is -3.07. The van der Waals surface area contributed by atoms with Crippen molar-refractivity contribution in [1.29, 1.82) is 0 Å². The van der Waals surface area contributed by atoms with E-state index in [0.29, 0.717) is 23.9 Å². The third-order valence-corrected chi connectivity index (χ3v) is 4.17. The number of nitrogens with zero attached hydrogens (tertiary/aromatic N) is 3. The molecule has 0 spiro atoms. The SMILES string of the molecule is Cc1ccc(CNc2nsnc2Nc2cccc(C(=O)N(C)C)c2O)o1. The van der Waals surface area contributed by atoms with Crippen LogP contribution in [0.5, 0.6) is 5.75 Å². The third-order valence-electron chi connectivity index (χ3n) is 3.64. The maximum atomic E-state index is 12.1. The van der Waals surface area contributed by atoms with E-state index in [4.69, 9.17) is 4.42 Å². The molecule has 0 saturated carbocycles. The molecule has 0 aliphatic heterocycles. The molecule has 2 aromatic heterocycles. The smallest absolute Gasteiger partial charge is 0.257 e. The molecule has 9 heteroatoms. The fraction of sp³-hybridized carbons (Fsp3) is 0.235. The van der Waals surface area contributed by atoms with Crippen LogP contribution in [0.4, 0.5) is 17.3 Å². The highest BCUT2D eigenvalue weighted by Gasteiger charge is 2.17. The molecule has 1 amide bonds. The van der Waals surface area contributed by atoms with Crippen molar-refractivity contribution in [3.05, 3.63) is 47.4 Å². The van der Waals surface area contributed by atoms with Crippen LogP contribution in [0.15, 0.2) is 34.7 Å². The first kappa shape index (κ1) is 17.7. The zero-order valence-electron chi connectivity index (χ0n) is 14.6. The molecule has 3 N–H and O–H groups in total. The monoisotopic (exact) mass is 373 g/mol. The number of carbonyl (C=O) groups is 1. The van der Waals surface area contributed by atoms with Crippen molar-refractivity contribution >= 4 is 35.0 Å². The summed E-state index contributed by atoms with van der Waals surface area (Å²) in [6, 6.07) is 8.71. The topological polar surface area (TPSA) is 104 Å². The van der Waals surface area contributed by atoms with Gasteiger partial charge >= 0.3 is 0 Å². The minimum absolute atomic E-state index is 0.133. The minimum atomic E-state index is -0.283. The number of aromatic hydroxyl groups is 1. The normalized spacial score (nSPS) is 10.6. The molecule has 0 bridgehead atoms. The van der Waals surface area contributed by atoms with E-state index < -0.39 is 0 Å². The van der Waals surface area contributed by atoms with Crippen LogP contribution in [0.25, 0.3) is 0 Å². The molecule has 1 aromatic carbocycles. The molecule has 0 radical (unpaired) electrons. The summed E-state index contributed by atoms with van der Waals surface area (Å²) in [4.78, 5) is 13.5. The first-order chi connectivity index (χ1) is 12.5. The molecular formula is C17H19N5O3S. The van der Waals surface area contributed by atoms with Crippen molar-refractivity contribution in [2.45, 2.75) is 13.5 Å². The number of nitrogens with one attached hydrogen (secondary N) is 2. The van der Waals surface area contributed by atoms with Gasteiger partial charge in [-0.25, -0.2) is 0 Å². The van der Waals surface area contributed by atoms with E-state index >= 15 is 0 Å². The molecule has 2 heterocycles. The number of aryl methyl sites for hydroxylation is 1. The number of phenolic OH excluding ortho intramolecular Hbond substituents is 1. The summed E-state index contributed by atoms with van der Waals surface area (Å²) in [5.74, 6) is 2.20. The maximum Gasteiger partial charge on any atom is 0.257 e. The van der Waals surface area contributed by atoms with Gasteiger partial charge in [0, 0.05) is 14.1 Å².